The van der Waals surface area contributed by atoms with E-state index in [-0.39, 0.29) is 0 Å². The predicted octanol–water partition coefficient (Wildman–Crippen LogP) is 1.42. The Labute approximate surface area is 165 Å². The fourth-order valence-corrected chi connectivity index (χ4v) is 3.70. The molecule has 0 aromatic heterocycles. The Balaban J connectivity index is 1.92. The molecule has 0 bridgehead atoms. The van der Waals surface area contributed by atoms with Crippen LogP contribution in [0.3, 0.4) is 0 Å². The molecule has 4 N–H and O–H groups in total. The number of methoxy groups -OCH3 is 1. The fraction of sp³-hybridized carbons (Fsp3) is 0.455. The highest BCUT2D eigenvalue weighted by atomic mass is 16.5. The van der Waals surface area contributed by atoms with E-state index in [4.69, 9.17) is 9.47 Å². The van der Waals surface area contributed by atoms with E-state index < -0.39 is 37.1 Å². The molecule has 3 rings (SSSR count). The summed E-state index contributed by atoms with van der Waals surface area (Å²) >= 11 is 0. The second-order valence-corrected chi connectivity index (χ2v) is 7.40. The van der Waals surface area contributed by atoms with Crippen molar-refractivity contribution in [2.75, 3.05) is 13.7 Å². The summed E-state index contributed by atoms with van der Waals surface area (Å²) in [5.74, 6) is 0.797. The lowest BCUT2D eigenvalue weighted by molar-refractivity contribution is -0.231. The number of aliphatic hydroxyl groups excluding tert-OH is 4. The van der Waals surface area contributed by atoms with E-state index in [9.17, 15) is 20.4 Å². The zero-order chi connectivity index (χ0) is 20.4. The number of benzene rings is 2. The molecule has 1 fully saturated rings. The van der Waals surface area contributed by atoms with Crippen LogP contribution in [0.25, 0.3) is 0 Å². The molecule has 2 aromatic rings. The van der Waals surface area contributed by atoms with Crippen molar-refractivity contribution in [3.05, 3.63) is 64.2 Å². The summed E-state index contributed by atoms with van der Waals surface area (Å²) in [6.45, 7) is 3.48. The molecule has 1 saturated heterocycles. The van der Waals surface area contributed by atoms with E-state index >= 15 is 0 Å². The lowest BCUT2D eigenvalue weighted by Crippen LogP contribution is -2.55. The van der Waals surface area contributed by atoms with Crippen LogP contribution in [-0.4, -0.2) is 58.6 Å². The van der Waals surface area contributed by atoms with E-state index in [0.717, 1.165) is 33.6 Å². The van der Waals surface area contributed by atoms with Gasteiger partial charge >= 0.3 is 0 Å². The van der Waals surface area contributed by atoms with Gasteiger partial charge in [0.2, 0.25) is 0 Å². The summed E-state index contributed by atoms with van der Waals surface area (Å²) in [6.07, 6.45) is -5.10. The van der Waals surface area contributed by atoms with Crippen LogP contribution in [-0.2, 0) is 11.2 Å². The maximum atomic E-state index is 10.5. The molecule has 2 aromatic carbocycles. The summed E-state index contributed by atoms with van der Waals surface area (Å²) < 4.78 is 11.0. The highest BCUT2D eigenvalue weighted by molar-refractivity contribution is 5.42. The number of rotatable bonds is 5. The van der Waals surface area contributed by atoms with E-state index in [1.165, 1.54) is 0 Å². The molecule has 5 atom stereocenters. The molecule has 0 unspecified atom stereocenters. The van der Waals surface area contributed by atoms with E-state index in [2.05, 4.69) is 6.07 Å². The molecule has 0 radical (unpaired) electrons. The van der Waals surface area contributed by atoms with Crippen LogP contribution >= 0.6 is 0 Å². The Morgan fingerprint density at radius 2 is 1.61 bits per heavy atom. The SMILES string of the molecule is COc1ccc(Cc2cc(C)c(C)c([C@@H]3O[C@H](CO)[C@@H](O)[C@H](O)[C@H]3O)c2)cc1. The van der Waals surface area contributed by atoms with Crippen molar-refractivity contribution in [1.29, 1.82) is 0 Å². The van der Waals surface area contributed by atoms with Crippen LogP contribution in [0.1, 0.15) is 33.9 Å². The number of hydrogen-bond acceptors (Lipinski definition) is 6. The summed E-state index contributed by atoms with van der Waals surface area (Å²) in [6, 6.07) is 11.9. The van der Waals surface area contributed by atoms with Crippen molar-refractivity contribution in [3.63, 3.8) is 0 Å². The molecule has 1 heterocycles. The van der Waals surface area contributed by atoms with Gasteiger partial charge in [-0.05, 0) is 60.2 Å². The van der Waals surface area contributed by atoms with Gasteiger partial charge in [0.05, 0.1) is 13.7 Å². The van der Waals surface area contributed by atoms with Crippen molar-refractivity contribution in [2.24, 2.45) is 0 Å². The third-order valence-corrected chi connectivity index (χ3v) is 5.53. The Kier molecular flexibility index (Phi) is 6.37. The first-order valence-electron chi connectivity index (χ1n) is 9.39. The first kappa shape index (κ1) is 20.8. The minimum absolute atomic E-state index is 0.439. The first-order chi connectivity index (χ1) is 13.3. The number of aryl methyl sites for hydroxylation is 1. The quantitative estimate of drug-likeness (QED) is 0.618. The molecule has 0 aliphatic carbocycles. The van der Waals surface area contributed by atoms with Gasteiger partial charge < -0.3 is 29.9 Å². The van der Waals surface area contributed by atoms with Gasteiger partial charge in [0, 0.05) is 0 Å². The van der Waals surface area contributed by atoms with Crippen LogP contribution in [0.4, 0.5) is 0 Å². The van der Waals surface area contributed by atoms with Gasteiger partial charge in [-0.25, -0.2) is 0 Å². The fourth-order valence-electron chi connectivity index (χ4n) is 3.70. The van der Waals surface area contributed by atoms with Crippen LogP contribution in [0.5, 0.6) is 5.75 Å². The Morgan fingerprint density at radius 3 is 2.21 bits per heavy atom. The molecule has 0 amide bonds. The maximum absolute atomic E-state index is 10.5. The lowest BCUT2D eigenvalue weighted by atomic mass is 9.86. The standard InChI is InChI=1S/C22H28O6/c1-12-8-15(9-14-4-6-16(27-3)7-5-14)10-17(13(12)2)22-21(26)20(25)19(24)18(11-23)28-22/h4-8,10,18-26H,9,11H2,1-3H3/t18-,19-,20+,21-,22+/m1/s1. The van der Waals surface area contributed by atoms with Gasteiger partial charge in [-0.3, -0.25) is 0 Å². The van der Waals surface area contributed by atoms with Crippen molar-refractivity contribution < 1.29 is 29.9 Å². The summed E-state index contributed by atoms with van der Waals surface area (Å²) in [4.78, 5) is 0. The second kappa shape index (κ2) is 8.59. The third kappa shape index (κ3) is 4.06. The molecule has 28 heavy (non-hydrogen) atoms. The minimum atomic E-state index is -1.39. The Hall–Kier alpha value is -1.96. The first-order valence-corrected chi connectivity index (χ1v) is 9.39. The monoisotopic (exact) mass is 388 g/mol. The Bertz CT molecular complexity index is 801. The molecule has 1 aliphatic heterocycles. The van der Waals surface area contributed by atoms with Crippen LogP contribution < -0.4 is 4.74 Å². The van der Waals surface area contributed by atoms with Gasteiger partial charge in [-0.2, -0.15) is 0 Å². The lowest BCUT2D eigenvalue weighted by Gasteiger charge is -2.41. The maximum Gasteiger partial charge on any atom is 0.118 e. The molecule has 1 aliphatic rings. The molecule has 6 heteroatoms. The summed E-state index contributed by atoms with van der Waals surface area (Å²) in [5.41, 5.74) is 4.89. The number of hydrogen-bond donors (Lipinski definition) is 4. The van der Waals surface area contributed by atoms with Gasteiger partial charge in [-0.1, -0.05) is 24.3 Å². The van der Waals surface area contributed by atoms with Gasteiger partial charge in [0.1, 0.15) is 36.3 Å². The van der Waals surface area contributed by atoms with Crippen molar-refractivity contribution in [1.82, 2.24) is 0 Å². The largest absolute Gasteiger partial charge is 0.497 e. The van der Waals surface area contributed by atoms with Gasteiger partial charge in [0.25, 0.3) is 0 Å². The predicted molar refractivity (Wildman–Crippen MR) is 104 cm³/mol. The normalized spacial score (nSPS) is 27.6. The van der Waals surface area contributed by atoms with Gasteiger partial charge in [-0.15, -0.1) is 0 Å². The van der Waals surface area contributed by atoms with E-state index in [1.807, 2.05) is 44.2 Å². The molecule has 0 saturated carbocycles. The van der Waals surface area contributed by atoms with Crippen LogP contribution in [0.2, 0.25) is 0 Å². The molecular weight excluding hydrogens is 360 g/mol. The number of aliphatic hydroxyl groups is 4. The highest BCUT2D eigenvalue weighted by Crippen LogP contribution is 2.35. The topological polar surface area (TPSA) is 99.4 Å². The average molecular weight is 388 g/mol. The molecule has 152 valence electrons. The van der Waals surface area contributed by atoms with Crippen molar-refractivity contribution in [2.45, 2.75) is 50.8 Å². The highest BCUT2D eigenvalue weighted by Gasteiger charge is 2.44. The summed E-state index contributed by atoms with van der Waals surface area (Å²) in [5, 5.41) is 40.1. The second-order valence-electron chi connectivity index (χ2n) is 7.40. The minimum Gasteiger partial charge on any atom is -0.497 e. The van der Waals surface area contributed by atoms with E-state index in [1.54, 1.807) is 7.11 Å². The number of ether oxygens (including phenoxy) is 2. The zero-order valence-electron chi connectivity index (χ0n) is 16.4. The molecule has 0 spiro atoms. The van der Waals surface area contributed by atoms with E-state index in [0.29, 0.717) is 6.42 Å². The Morgan fingerprint density at radius 1 is 0.929 bits per heavy atom. The third-order valence-electron chi connectivity index (χ3n) is 5.53. The van der Waals surface area contributed by atoms with Crippen LogP contribution in [0.15, 0.2) is 36.4 Å². The smallest absolute Gasteiger partial charge is 0.118 e. The van der Waals surface area contributed by atoms with Gasteiger partial charge in [0.15, 0.2) is 0 Å². The summed E-state index contributed by atoms with van der Waals surface area (Å²) in [7, 11) is 1.63. The van der Waals surface area contributed by atoms with Crippen molar-refractivity contribution >= 4 is 0 Å². The van der Waals surface area contributed by atoms with Crippen LogP contribution in [0, 0.1) is 13.8 Å². The average Bonchev–Trinajstić information content (AvgIpc) is 2.70. The zero-order valence-corrected chi connectivity index (χ0v) is 16.4. The van der Waals surface area contributed by atoms with Crippen molar-refractivity contribution in [3.8, 4) is 5.75 Å². The molecule has 6 nitrogen and oxygen atoms in total. The molecular formula is C22H28O6.